The molecule has 18 heavy (non-hydrogen) atoms. The Morgan fingerprint density at radius 2 is 1.94 bits per heavy atom. The van der Waals surface area contributed by atoms with E-state index in [0.29, 0.717) is 0 Å². The fraction of sp³-hybridized carbons (Fsp3) is 0.267. The van der Waals surface area contributed by atoms with Crippen molar-refractivity contribution in [1.82, 2.24) is 9.88 Å². The number of aryl methyl sites for hydroxylation is 1. The maximum absolute atomic E-state index is 4.19. The SMILES string of the molecule is Cc1ccccc1CN(C)Cc1cncc(Br)c1. The third-order valence-corrected chi connectivity index (χ3v) is 3.35. The molecule has 0 unspecified atom stereocenters. The van der Waals surface area contributed by atoms with Crippen LogP contribution >= 0.6 is 15.9 Å². The molecule has 0 aliphatic carbocycles. The molecule has 1 aromatic heterocycles. The Balaban J connectivity index is 2.01. The van der Waals surface area contributed by atoms with E-state index in [2.05, 4.69) is 70.1 Å². The van der Waals surface area contributed by atoms with Gasteiger partial charge in [0.05, 0.1) is 0 Å². The van der Waals surface area contributed by atoms with E-state index in [1.54, 1.807) is 0 Å². The first kappa shape index (κ1) is 13.2. The van der Waals surface area contributed by atoms with Gasteiger partial charge in [-0.05, 0) is 52.7 Å². The fourth-order valence-corrected chi connectivity index (χ4v) is 2.40. The van der Waals surface area contributed by atoms with Gasteiger partial charge in [0.25, 0.3) is 0 Å². The summed E-state index contributed by atoms with van der Waals surface area (Å²) in [6, 6.07) is 10.6. The van der Waals surface area contributed by atoms with E-state index < -0.39 is 0 Å². The Kier molecular flexibility index (Phi) is 4.50. The van der Waals surface area contributed by atoms with Crippen LogP contribution in [0.15, 0.2) is 47.2 Å². The standard InChI is InChI=1S/C15H17BrN2/c1-12-5-3-4-6-14(12)11-18(2)10-13-7-15(16)9-17-8-13/h3-9H,10-11H2,1-2H3. The number of benzene rings is 1. The lowest BCUT2D eigenvalue weighted by Gasteiger charge is -2.18. The van der Waals surface area contributed by atoms with Gasteiger partial charge in [-0.2, -0.15) is 0 Å². The topological polar surface area (TPSA) is 16.1 Å². The monoisotopic (exact) mass is 304 g/mol. The molecule has 2 rings (SSSR count). The summed E-state index contributed by atoms with van der Waals surface area (Å²) < 4.78 is 1.03. The van der Waals surface area contributed by atoms with Crippen molar-refractivity contribution in [3.8, 4) is 0 Å². The number of pyridine rings is 1. The van der Waals surface area contributed by atoms with Crippen LogP contribution in [-0.2, 0) is 13.1 Å². The molecular formula is C15H17BrN2. The van der Waals surface area contributed by atoms with Crippen molar-refractivity contribution in [2.45, 2.75) is 20.0 Å². The van der Waals surface area contributed by atoms with Crippen molar-refractivity contribution in [3.05, 3.63) is 63.9 Å². The lowest BCUT2D eigenvalue weighted by molar-refractivity contribution is 0.318. The fourth-order valence-electron chi connectivity index (χ4n) is 1.99. The number of hydrogen-bond donors (Lipinski definition) is 0. The van der Waals surface area contributed by atoms with Gasteiger partial charge in [0.2, 0.25) is 0 Å². The second kappa shape index (κ2) is 6.12. The molecule has 0 saturated heterocycles. The van der Waals surface area contributed by atoms with Crippen LogP contribution in [0.3, 0.4) is 0 Å². The minimum atomic E-state index is 0.904. The van der Waals surface area contributed by atoms with Crippen LogP contribution in [0, 0.1) is 6.92 Å². The highest BCUT2D eigenvalue weighted by atomic mass is 79.9. The number of nitrogens with zero attached hydrogens (tertiary/aromatic N) is 2. The zero-order valence-corrected chi connectivity index (χ0v) is 12.3. The third kappa shape index (κ3) is 3.65. The van der Waals surface area contributed by atoms with Crippen LogP contribution in [0.25, 0.3) is 0 Å². The molecule has 2 nitrogen and oxygen atoms in total. The van der Waals surface area contributed by atoms with Gasteiger partial charge in [0.15, 0.2) is 0 Å². The van der Waals surface area contributed by atoms with Gasteiger partial charge in [-0.15, -0.1) is 0 Å². The lowest BCUT2D eigenvalue weighted by atomic mass is 10.1. The average Bonchev–Trinajstić information content (AvgIpc) is 2.32. The molecule has 0 amide bonds. The predicted octanol–water partition coefficient (Wildman–Crippen LogP) is 3.78. The van der Waals surface area contributed by atoms with Crippen molar-refractivity contribution in [2.24, 2.45) is 0 Å². The molecule has 2 aromatic rings. The largest absolute Gasteiger partial charge is 0.298 e. The maximum Gasteiger partial charge on any atom is 0.0410 e. The van der Waals surface area contributed by atoms with E-state index in [1.165, 1.54) is 16.7 Å². The van der Waals surface area contributed by atoms with E-state index in [4.69, 9.17) is 0 Å². The maximum atomic E-state index is 4.19. The zero-order valence-electron chi connectivity index (χ0n) is 10.7. The first-order chi connectivity index (χ1) is 8.65. The highest BCUT2D eigenvalue weighted by molar-refractivity contribution is 9.10. The average molecular weight is 305 g/mol. The molecule has 0 radical (unpaired) electrons. The molecule has 0 aliphatic rings. The summed E-state index contributed by atoms with van der Waals surface area (Å²) in [4.78, 5) is 6.49. The summed E-state index contributed by atoms with van der Waals surface area (Å²) >= 11 is 3.45. The second-order valence-corrected chi connectivity index (χ2v) is 5.53. The third-order valence-electron chi connectivity index (χ3n) is 2.92. The van der Waals surface area contributed by atoms with Gasteiger partial charge < -0.3 is 0 Å². The number of halogens is 1. The molecule has 0 atom stereocenters. The second-order valence-electron chi connectivity index (χ2n) is 4.61. The van der Waals surface area contributed by atoms with Gasteiger partial charge in [-0.1, -0.05) is 24.3 Å². The number of hydrogen-bond acceptors (Lipinski definition) is 2. The first-order valence-corrected chi connectivity index (χ1v) is 6.77. The minimum absolute atomic E-state index is 0.904. The van der Waals surface area contributed by atoms with Crippen LogP contribution < -0.4 is 0 Å². The molecule has 0 spiro atoms. The molecule has 0 N–H and O–H groups in total. The number of aromatic nitrogens is 1. The van der Waals surface area contributed by atoms with Gasteiger partial charge in [-0.3, -0.25) is 9.88 Å². The molecule has 0 bridgehead atoms. The molecule has 0 saturated carbocycles. The zero-order chi connectivity index (χ0) is 13.0. The Morgan fingerprint density at radius 3 is 2.67 bits per heavy atom. The molecule has 0 fully saturated rings. The summed E-state index contributed by atoms with van der Waals surface area (Å²) in [6.07, 6.45) is 3.73. The molecular weight excluding hydrogens is 288 g/mol. The molecule has 1 aromatic carbocycles. The van der Waals surface area contributed by atoms with Crippen LogP contribution in [0.2, 0.25) is 0 Å². The summed E-state index contributed by atoms with van der Waals surface area (Å²) in [5.41, 5.74) is 3.94. The summed E-state index contributed by atoms with van der Waals surface area (Å²) in [5, 5.41) is 0. The predicted molar refractivity (Wildman–Crippen MR) is 78.3 cm³/mol. The number of rotatable bonds is 4. The normalized spacial score (nSPS) is 10.9. The van der Waals surface area contributed by atoms with Crippen LogP contribution in [0.5, 0.6) is 0 Å². The highest BCUT2D eigenvalue weighted by Gasteiger charge is 2.04. The van der Waals surface area contributed by atoms with Crippen molar-refractivity contribution >= 4 is 15.9 Å². The first-order valence-electron chi connectivity index (χ1n) is 5.97. The van der Waals surface area contributed by atoms with Crippen LogP contribution in [0.4, 0.5) is 0 Å². The Morgan fingerprint density at radius 1 is 1.17 bits per heavy atom. The van der Waals surface area contributed by atoms with Crippen molar-refractivity contribution in [2.75, 3.05) is 7.05 Å². The van der Waals surface area contributed by atoms with Crippen molar-refractivity contribution in [1.29, 1.82) is 0 Å². The van der Waals surface area contributed by atoms with Crippen LogP contribution in [0.1, 0.15) is 16.7 Å². The Labute approximate surface area is 117 Å². The van der Waals surface area contributed by atoms with E-state index in [0.717, 1.165) is 17.6 Å². The highest BCUT2D eigenvalue weighted by Crippen LogP contribution is 2.14. The van der Waals surface area contributed by atoms with Gasteiger partial charge in [-0.25, -0.2) is 0 Å². The van der Waals surface area contributed by atoms with Crippen molar-refractivity contribution < 1.29 is 0 Å². The van der Waals surface area contributed by atoms with Crippen LogP contribution in [-0.4, -0.2) is 16.9 Å². The summed E-state index contributed by atoms with van der Waals surface area (Å²) in [7, 11) is 2.13. The molecule has 0 aliphatic heterocycles. The Hall–Kier alpha value is -1.19. The summed E-state index contributed by atoms with van der Waals surface area (Å²) in [6.45, 7) is 4.02. The Bertz CT molecular complexity index is 525. The smallest absolute Gasteiger partial charge is 0.0410 e. The van der Waals surface area contributed by atoms with E-state index in [1.807, 2.05) is 12.4 Å². The molecule has 3 heteroatoms. The van der Waals surface area contributed by atoms with E-state index in [9.17, 15) is 0 Å². The molecule has 1 heterocycles. The quantitative estimate of drug-likeness (QED) is 0.854. The summed E-state index contributed by atoms with van der Waals surface area (Å²) in [5.74, 6) is 0. The van der Waals surface area contributed by atoms with Gasteiger partial charge in [0, 0.05) is 30.0 Å². The molecule has 94 valence electrons. The lowest BCUT2D eigenvalue weighted by Crippen LogP contribution is -2.17. The van der Waals surface area contributed by atoms with Gasteiger partial charge in [0.1, 0.15) is 0 Å². The minimum Gasteiger partial charge on any atom is -0.298 e. The van der Waals surface area contributed by atoms with Gasteiger partial charge >= 0.3 is 0 Å². The van der Waals surface area contributed by atoms with Crippen molar-refractivity contribution in [3.63, 3.8) is 0 Å². The van der Waals surface area contributed by atoms with E-state index >= 15 is 0 Å². The van der Waals surface area contributed by atoms with E-state index in [-0.39, 0.29) is 0 Å².